The van der Waals surface area contributed by atoms with Gasteiger partial charge in [0.15, 0.2) is 0 Å². The maximum absolute atomic E-state index is 5.99. The molecule has 6 heteroatoms. The van der Waals surface area contributed by atoms with Crippen molar-refractivity contribution in [2.75, 3.05) is 11.9 Å². The van der Waals surface area contributed by atoms with Gasteiger partial charge in [0, 0.05) is 12.6 Å². The molecular weight excluding hydrogens is 286 g/mol. The topological polar surface area (TPSA) is 55.1 Å². The van der Waals surface area contributed by atoms with Gasteiger partial charge in [-0.3, -0.25) is 0 Å². The summed E-state index contributed by atoms with van der Waals surface area (Å²) in [6.07, 6.45) is 2.48. The molecule has 0 spiro atoms. The number of benzene rings is 1. The lowest BCUT2D eigenvalue weighted by Gasteiger charge is -2.13. The van der Waals surface area contributed by atoms with Crippen LogP contribution < -0.4 is 5.32 Å². The molecule has 0 bridgehead atoms. The Balaban J connectivity index is 1.66. The molecule has 5 nitrogen and oxygen atoms in total. The molecule has 0 aliphatic heterocycles. The molecule has 0 saturated heterocycles. The van der Waals surface area contributed by atoms with Gasteiger partial charge in [0.2, 0.25) is 0 Å². The Hall–Kier alpha value is -2.14. The van der Waals surface area contributed by atoms with E-state index in [1.807, 2.05) is 6.07 Å². The summed E-state index contributed by atoms with van der Waals surface area (Å²) in [6.45, 7) is 3.05. The van der Waals surface area contributed by atoms with E-state index in [1.54, 1.807) is 10.6 Å². The van der Waals surface area contributed by atoms with Crippen LogP contribution in [0.3, 0.4) is 0 Å². The molecule has 2 aromatic heterocycles. The molecule has 21 heavy (non-hydrogen) atoms. The van der Waals surface area contributed by atoms with Crippen molar-refractivity contribution >= 4 is 23.2 Å². The average Bonchev–Trinajstić information content (AvgIpc) is 2.96. The zero-order valence-electron chi connectivity index (χ0n) is 11.7. The minimum Gasteiger partial charge on any atom is -0.370 e. The number of nitrogens with one attached hydrogen (secondary N) is 1. The summed E-state index contributed by atoms with van der Waals surface area (Å²) < 4.78 is 1.65. The minimum absolute atomic E-state index is 0.411. The van der Waals surface area contributed by atoms with Gasteiger partial charge in [-0.15, -0.1) is 0 Å². The third-order valence-corrected chi connectivity index (χ3v) is 3.67. The average molecular weight is 302 g/mol. The summed E-state index contributed by atoms with van der Waals surface area (Å²) in [5.41, 5.74) is 1.35. The zero-order chi connectivity index (χ0) is 14.7. The molecule has 3 rings (SSSR count). The van der Waals surface area contributed by atoms with E-state index >= 15 is 0 Å². The number of hydrogen-bond acceptors (Lipinski definition) is 4. The van der Waals surface area contributed by atoms with Gasteiger partial charge in [-0.25, -0.2) is 0 Å². The Bertz CT molecular complexity index is 725. The first kappa shape index (κ1) is 13.8. The highest BCUT2D eigenvalue weighted by Crippen LogP contribution is 2.19. The Morgan fingerprint density at radius 3 is 2.90 bits per heavy atom. The first-order chi connectivity index (χ1) is 10.2. The van der Waals surface area contributed by atoms with E-state index in [0.717, 1.165) is 18.8 Å². The van der Waals surface area contributed by atoms with Crippen molar-refractivity contribution in [3.8, 4) is 0 Å². The highest BCUT2D eigenvalue weighted by Gasteiger charge is 2.08. The first-order valence-corrected chi connectivity index (χ1v) is 7.27. The fraction of sp³-hybridized carbons (Fsp3) is 0.267. The molecule has 3 aromatic rings. The van der Waals surface area contributed by atoms with E-state index in [0.29, 0.717) is 16.8 Å². The molecule has 0 aliphatic carbocycles. The van der Waals surface area contributed by atoms with Crippen LogP contribution in [0.15, 0.2) is 42.7 Å². The summed E-state index contributed by atoms with van der Waals surface area (Å²) >= 11 is 5.99. The fourth-order valence-electron chi connectivity index (χ4n) is 2.27. The molecule has 1 N–H and O–H groups in total. The Labute approximate surface area is 128 Å². The second-order valence-corrected chi connectivity index (χ2v) is 5.35. The van der Waals surface area contributed by atoms with Gasteiger partial charge in [-0.05, 0) is 17.9 Å². The number of aromatic nitrogens is 4. The highest BCUT2D eigenvalue weighted by molar-refractivity contribution is 6.29. The monoisotopic (exact) mass is 301 g/mol. The third-order valence-electron chi connectivity index (χ3n) is 3.47. The highest BCUT2D eigenvalue weighted by atomic mass is 35.5. The Morgan fingerprint density at radius 2 is 2.10 bits per heavy atom. The number of hydrogen-bond donors (Lipinski definition) is 1. The Kier molecular flexibility index (Phi) is 4.01. The van der Waals surface area contributed by atoms with Crippen LogP contribution in [0.2, 0.25) is 5.15 Å². The summed E-state index contributed by atoms with van der Waals surface area (Å²) in [6, 6.07) is 12.3. The van der Waals surface area contributed by atoms with Crippen LogP contribution in [0.25, 0.3) is 5.78 Å². The second-order valence-electron chi connectivity index (χ2n) is 4.96. The van der Waals surface area contributed by atoms with Crippen LogP contribution in [0.1, 0.15) is 24.8 Å². The van der Waals surface area contributed by atoms with Crippen molar-refractivity contribution in [3.63, 3.8) is 0 Å². The van der Waals surface area contributed by atoms with Crippen molar-refractivity contribution in [2.24, 2.45) is 0 Å². The van der Waals surface area contributed by atoms with Crippen LogP contribution in [-0.2, 0) is 0 Å². The quantitative estimate of drug-likeness (QED) is 0.734. The summed E-state index contributed by atoms with van der Waals surface area (Å²) in [5, 5.41) is 7.90. The zero-order valence-corrected chi connectivity index (χ0v) is 12.5. The lowest BCUT2D eigenvalue weighted by Crippen LogP contribution is -2.10. The van der Waals surface area contributed by atoms with Crippen LogP contribution >= 0.6 is 11.6 Å². The van der Waals surface area contributed by atoms with Gasteiger partial charge in [0.1, 0.15) is 17.3 Å². The van der Waals surface area contributed by atoms with E-state index < -0.39 is 0 Å². The van der Waals surface area contributed by atoms with Crippen molar-refractivity contribution in [1.29, 1.82) is 0 Å². The predicted octanol–water partition coefficient (Wildman–Crippen LogP) is 3.38. The largest absolute Gasteiger partial charge is 0.370 e. The third kappa shape index (κ3) is 3.13. The number of halogens is 1. The molecule has 0 amide bonds. The molecule has 0 fully saturated rings. The molecular formula is C15H16ClN5. The summed E-state index contributed by atoms with van der Waals surface area (Å²) in [4.78, 5) is 8.15. The maximum Gasteiger partial charge on any atom is 0.255 e. The van der Waals surface area contributed by atoms with E-state index in [9.17, 15) is 0 Å². The normalized spacial score (nSPS) is 12.5. The van der Waals surface area contributed by atoms with Gasteiger partial charge in [0.25, 0.3) is 5.78 Å². The van der Waals surface area contributed by atoms with E-state index in [2.05, 4.69) is 51.6 Å². The lowest BCUT2D eigenvalue weighted by atomic mass is 9.98. The number of anilines is 1. The van der Waals surface area contributed by atoms with Gasteiger partial charge < -0.3 is 5.32 Å². The molecule has 0 radical (unpaired) electrons. The smallest absolute Gasteiger partial charge is 0.255 e. The number of nitrogens with zero attached hydrogens (tertiary/aromatic N) is 4. The summed E-state index contributed by atoms with van der Waals surface area (Å²) in [7, 11) is 0. The molecule has 108 valence electrons. The SMILES string of the molecule is CC(CCNc1cc(Cl)nc2ncnn12)c1ccccc1. The number of rotatable bonds is 5. The van der Waals surface area contributed by atoms with Crippen molar-refractivity contribution in [3.05, 3.63) is 53.4 Å². The van der Waals surface area contributed by atoms with Crippen molar-refractivity contribution in [1.82, 2.24) is 19.6 Å². The van der Waals surface area contributed by atoms with Crippen LogP contribution in [0.4, 0.5) is 5.82 Å². The maximum atomic E-state index is 5.99. The van der Waals surface area contributed by atoms with Crippen LogP contribution in [0.5, 0.6) is 0 Å². The lowest BCUT2D eigenvalue weighted by molar-refractivity contribution is 0.702. The van der Waals surface area contributed by atoms with Crippen LogP contribution in [-0.4, -0.2) is 26.1 Å². The Morgan fingerprint density at radius 1 is 1.29 bits per heavy atom. The first-order valence-electron chi connectivity index (χ1n) is 6.89. The molecule has 1 atom stereocenters. The summed E-state index contributed by atoms with van der Waals surface area (Å²) in [5.74, 6) is 1.80. The molecule has 2 heterocycles. The van der Waals surface area contributed by atoms with Gasteiger partial charge in [-0.2, -0.15) is 19.6 Å². The molecule has 0 saturated carbocycles. The fourth-order valence-corrected chi connectivity index (χ4v) is 2.45. The molecule has 0 aliphatic rings. The van der Waals surface area contributed by atoms with Gasteiger partial charge in [-0.1, -0.05) is 48.9 Å². The van der Waals surface area contributed by atoms with E-state index in [1.165, 1.54) is 11.9 Å². The number of fused-ring (bicyclic) bond motifs is 1. The van der Waals surface area contributed by atoms with E-state index in [4.69, 9.17) is 11.6 Å². The minimum atomic E-state index is 0.411. The second kappa shape index (κ2) is 6.10. The van der Waals surface area contributed by atoms with E-state index in [-0.39, 0.29) is 0 Å². The van der Waals surface area contributed by atoms with Crippen molar-refractivity contribution in [2.45, 2.75) is 19.3 Å². The predicted molar refractivity (Wildman–Crippen MR) is 83.8 cm³/mol. The van der Waals surface area contributed by atoms with Gasteiger partial charge >= 0.3 is 0 Å². The molecule has 1 aromatic carbocycles. The van der Waals surface area contributed by atoms with Crippen LogP contribution in [0, 0.1) is 0 Å². The molecule has 1 unspecified atom stereocenters. The standard InChI is InChI=1S/C15H16ClN5/c1-11(12-5-3-2-4-6-12)7-8-17-14-9-13(16)20-15-18-10-19-21(14)15/h2-6,9-11,17H,7-8H2,1H3. The van der Waals surface area contributed by atoms with Gasteiger partial charge in [0.05, 0.1) is 0 Å². The van der Waals surface area contributed by atoms with Crippen molar-refractivity contribution < 1.29 is 0 Å².